The van der Waals surface area contributed by atoms with E-state index < -0.39 is 0 Å². The van der Waals surface area contributed by atoms with Crippen LogP contribution in [0.4, 0.5) is 5.69 Å². The van der Waals surface area contributed by atoms with E-state index in [2.05, 4.69) is 57.0 Å². The Morgan fingerprint density at radius 1 is 1.15 bits per heavy atom. The summed E-state index contributed by atoms with van der Waals surface area (Å²) in [6.45, 7) is 6.08. The van der Waals surface area contributed by atoms with Gasteiger partial charge in [0.25, 0.3) is 0 Å². The van der Waals surface area contributed by atoms with Gasteiger partial charge in [-0.05, 0) is 25.5 Å². The van der Waals surface area contributed by atoms with Crippen LogP contribution in [0.1, 0.15) is 13.3 Å². The number of nitrogens with one attached hydrogen (secondary N) is 3. The SMILES string of the molecule is CCN(CCCNC(=NC)NCC(=O)NCCOC)c1ccccc1.I. The molecule has 0 aliphatic carbocycles. The van der Waals surface area contributed by atoms with Crippen LogP contribution in [-0.2, 0) is 9.53 Å². The molecule has 8 heteroatoms. The first-order chi connectivity index (χ1) is 12.2. The Morgan fingerprint density at radius 2 is 1.88 bits per heavy atom. The fraction of sp³-hybridized carbons (Fsp3) is 0.556. The van der Waals surface area contributed by atoms with Gasteiger partial charge in [0, 0.05) is 46.0 Å². The van der Waals surface area contributed by atoms with Crippen molar-refractivity contribution in [1.82, 2.24) is 16.0 Å². The molecule has 1 rings (SSSR count). The maximum Gasteiger partial charge on any atom is 0.239 e. The number of hydrogen-bond donors (Lipinski definition) is 3. The first-order valence-corrected chi connectivity index (χ1v) is 8.71. The Balaban J connectivity index is 0.00000625. The second-order valence-corrected chi connectivity index (χ2v) is 5.46. The van der Waals surface area contributed by atoms with E-state index in [1.807, 2.05) is 6.07 Å². The van der Waals surface area contributed by atoms with Gasteiger partial charge in [-0.3, -0.25) is 9.79 Å². The third kappa shape index (κ3) is 10.4. The highest BCUT2D eigenvalue weighted by Crippen LogP contribution is 2.12. The minimum Gasteiger partial charge on any atom is -0.383 e. The van der Waals surface area contributed by atoms with Crippen LogP contribution in [0.25, 0.3) is 0 Å². The maximum atomic E-state index is 11.6. The van der Waals surface area contributed by atoms with Crippen molar-refractivity contribution in [2.24, 2.45) is 4.99 Å². The Kier molecular flexibility index (Phi) is 14.8. The average Bonchev–Trinajstić information content (AvgIpc) is 2.65. The maximum absolute atomic E-state index is 11.6. The largest absolute Gasteiger partial charge is 0.383 e. The Morgan fingerprint density at radius 3 is 2.50 bits per heavy atom. The van der Waals surface area contributed by atoms with E-state index in [1.165, 1.54) is 5.69 Å². The summed E-state index contributed by atoms with van der Waals surface area (Å²) in [6, 6.07) is 10.4. The molecule has 7 nitrogen and oxygen atoms in total. The minimum absolute atomic E-state index is 0. The fourth-order valence-electron chi connectivity index (χ4n) is 2.32. The van der Waals surface area contributed by atoms with Crippen LogP contribution in [0.3, 0.4) is 0 Å². The molecule has 148 valence electrons. The van der Waals surface area contributed by atoms with E-state index in [0.29, 0.717) is 19.1 Å². The number of carbonyl (C=O) groups is 1. The lowest BCUT2D eigenvalue weighted by Crippen LogP contribution is -2.44. The van der Waals surface area contributed by atoms with Gasteiger partial charge in [0.05, 0.1) is 13.2 Å². The summed E-state index contributed by atoms with van der Waals surface area (Å²) in [5.74, 6) is 0.547. The van der Waals surface area contributed by atoms with Gasteiger partial charge in [0.1, 0.15) is 0 Å². The Hall–Kier alpha value is -1.55. The number of benzene rings is 1. The van der Waals surface area contributed by atoms with Crippen LogP contribution in [0.15, 0.2) is 35.3 Å². The molecule has 0 fully saturated rings. The fourth-order valence-corrected chi connectivity index (χ4v) is 2.32. The number of hydrogen-bond acceptors (Lipinski definition) is 4. The first kappa shape index (κ1) is 24.5. The molecule has 0 aliphatic heterocycles. The molecule has 0 heterocycles. The molecule has 3 N–H and O–H groups in total. The van der Waals surface area contributed by atoms with Crippen LogP contribution in [0, 0.1) is 0 Å². The molecule has 0 radical (unpaired) electrons. The van der Waals surface area contributed by atoms with Gasteiger partial charge < -0.3 is 25.6 Å². The predicted molar refractivity (Wildman–Crippen MR) is 119 cm³/mol. The summed E-state index contributed by atoms with van der Waals surface area (Å²) < 4.78 is 4.89. The lowest BCUT2D eigenvalue weighted by Gasteiger charge is -2.23. The topological polar surface area (TPSA) is 78.0 Å². The standard InChI is InChI=1S/C18H31N5O2.HI/c1-4-23(16-9-6-5-7-10-16)13-8-11-21-18(19-2)22-15-17(24)20-12-14-25-3;/h5-7,9-10H,4,8,11-15H2,1-3H3,(H,20,24)(H2,19,21,22);1H. The molecule has 0 atom stereocenters. The molecule has 1 amide bonds. The summed E-state index contributed by atoms with van der Waals surface area (Å²) in [4.78, 5) is 18.1. The van der Waals surface area contributed by atoms with Crippen LogP contribution in [0.2, 0.25) is 0 Å². The summed E-state index contributed by atoms with van der Waals surface area (Å²) in [5.41, 5.74) is 1.24. The molecule has 1 aromatic rings. The van der Waals surface area contributed by atoms with Crippen molar-refractivity contribution in [1.29, 1.82) is 0 Å². The summed E-state index contributed by atoms with van der Waals surface area (Å²) in [6.07, 6.45) is 0.976. The van der Waals surface area contributed by atoms with Gasteiger partial charge in [-0.1, -0.05) is 18.2 Å². The molecule has 0 aliphatic rings. The second-order valence-electron chi connectivity index (χ2n) is 5.46. The van der Waals surface area contributed by atoms with Gasteiger partial charge in [-0.25, -0.2) is 0 Å². The average molecular weight is 477 g/mol. The van der Waals surface area contributed by atoms with E-state index >= 15 is 0 Å². The molecule has 0 spiro atoms. The second kappa shape index (κ2) is 15.7. The van der Waals surface area contributed by atoms with Gasteiger partial charge >= 0.3 is 0 Å². The number of carbonyl (C=O) groups excluding carboxylic acids is 1. The molecule has 0 aromatic heterocycles. The normalized spacial score (nSPS) is 10.7. The van der Waals surface area contributed by atoms with E-state index in [9.17, 15) is 4.79 Å². The Bertz CT molecular complexity index is 514. The number of nitrogens with zero attached hydrogens (tertiary/aromatic N) is 2. The zero-order valence-corrected chi connectivity index (χ0v) is 18.3. The van der Waals surface area contributed by atoms with E-state index in [0.717, 1.165) is 26.1 Å². The first-order valence-electron chi connectivity index (χ1n) is 8.71. The highest BCUT2D eigenvalue weighted by Gasteiger charge is 2.05. The third-order valence-electron chi connectivity index (χ3n) is 3.67. The van der Waals surface area contributed by atoms with Crippen LogP contribution < -0.4 is 20.9 Å². The minimum atomic E-state index is -0.0822. The van der Waals surface area contributed by atoms with Gasteiger partial charge in [0.15, 0.2) is 5.96 Å². The molecular weight excluding hydrogens is 445 g/mol. The molecule has 0 bridgehead atoms. The molecular formula is C18H32IN5O2. The van der Waals surface area contributed by atoms with Crippen molar-refractivity contribution in [2.45, 2.75) is 13.3 Å². The van der Waals surface area contributed by atoms with Gasteiger partial charge in [-0.2, -0.15) is 0 Å². The number of halogens is 1. The number of para-hydroxylation sites is 1. The van der Waals surface area contributed by atoms with Gasteiger partial charge in [0.2, 0.25) is 5.91 Å². The van der Waals surface area contributed by atoms with E-state index in [-0.39, 0.29) is 36.4 Å². The zero-order chi connectivity index (χ0) is 18.3. The lowest BCUT2D eigenvalue weighted by molar-refractivity contribution is -0.120. The lowest BCUT2D eigenvalue weighted by atomic mass is 10.2. The van der Waals surface area contributed by atoms with Crippen molar-refractivity contribution in [3.8, 4) is 0 Å². The summed E-state index contributed by atoms with van der Waals surface area (Å²) >= 11 is 0. The smallest absolute Gasteiger partial charge is 0.239 e. The van der Waals surface area contributed by atoms with Crippen LogP contribution in [-0.4, -0.2) is 65.4 Å². The quantitative estimate of drug-likeness (QED) is 0.195. The zero-order valence-electron chi connectivity index (χ0n) is 16.0. The number of amides is 1. The number of rotatable bonds is 11. The van der Waals surface area contributed by atoms with Crippen molar-refractivity contribution in [2.75, 3.05) is 58.4 Å². The molecule has 1 aromatic carbocycles. The van der Waals surface area contributed by atoms with Crippen LogP contribution in [0.5, 0.6) is 0 Å². The van der Waals surface area contributed by atoms with Crippen molar-refractivity contribution < 1.29 is 9.53 Å². The van der Waals surface area contributed by atoms with Crippen molar-refractivity contribution in [3.05, 3.63) is 30.3 Å². The number of anilines is 1. The van der Waals surface area contributed by atoms with Crippen molar-refractivity contribution in [3.63, 3.8) is 0 Å². The molecule has 0 saturated carbocycles. The highest BCUT2D eigenvalue weighted by atomic mass is 127. The number of ether oxygens (including phenoxy) is 1. The van der Waals surface area contributed by atoms with Crippen LogP contribution >= 0.6 is 24.0 Å². The molecule has 0 unspecified atom stereocenters. The predicted octanol–water partition coefficient (Wildman–Crippen LogP) is 1.45. The number of aliphatic imine (C=N–C) groups is 1. The van der Waals surface area contributed by atoms with E-state index in [1.54, 1.807) is 14.2 Å². The van der Waals surface area contributed by atoms with Gasteiger partial charge in [-0.15, -0.1) is 24.0 Å². The summed E-state index contributed by atoms with van der Waals surface area (Å²) in [5, 5.41) is 8.99. The monoisotopic (exact) mass is 477 g/mol. The number of guanidine groups is 1. The number of methoxy groups -OCH3 is 1. The van der Waals surface area contributed by atoms with E-state index in [4.69, 9.17) is 4.74 Å². The molecule has 26 heavy (non-hydrogen) atoms. The highest BCUT2D eigenvalue weighted by molar-refractivity contribution is 14.0. The van der Waals surface area contributed by atoms with Crippen molar-refractivity contribution >= 4 is 41.5 Å². The third-order valence-corrected chi connectivity index (χ3v) is 3.67. The Labute approximate surface area is 174 Å². The molecule has 0 saturated heterocycles. The summed E-state index contributed by atoms with van der Waals surface area (Å²) in [7, 11) is 3.30.